The third kappa shape index (κ3) is 3.64. The van der Waals surface area contributed by atoms with Gasteiger partial charge in [-0.2, -0.15) is 0 Å². The number of rotatable bonds is 5. The summed E-state index contributed by atoms with van der Waals surface area (Å²) in [5.74, 6) is -1.69. The van der Waals surface area contributed by atoms with Crippen LogP contribution in [-0.4, -0.2) is 31.0 Å². The number of allylic oxidation sites excluding steroid dienone is 1. The number of carbonyl (C=O) groups excluding carboxylic acids is 2. The Kier molecular flexibility index (Phi) is 5.63. The van der Waals surface area contributed by atoms with Crippen LogP contribution < -0.4 is 9.64 Å². The highest BCUT2D eigenvalue weighted by Gasteiger charge is 2.38. The summed E-state index contributed by atoms with van der Waals surface area (Å²) in [7, 11) is 2.49. The molecule has 154 valence electrons. The van der Waals surface area contributed by atoms with Crippen LogP contribution in [0.4, 0.5) is 15.8 Å². The Bertz CT molecular complexity index is 1100. The molecule has 0 aromatic heterocycles. The maximum Gasteiger partial charge on any atom is 0.340 e. The second-order valence-corrected chi connectivity index (χ2v) is 6.32. The number of amides is 1. The molecule has 0 N–H and O–H groups in total. The number of hydrogen-bond acceptors (Lipinski definition) is 6. The zero-order chi connectivity index (χ0) is 22.0. The first-order valence-electron chi connectivity index (χ1n) is 8.72. The summed E-state index contributed by atoms with van der Waals surface area (Å²) in [6.07, 6.45) is 1.37. The molecular weight excluding hydrogens is 395 g/mol. The minimum absolute atomic E-state index is 0.00291. The summed E-state index contributed by atoms with van der Waals surface area (Å²) in [6, 6.07) is 9.38. The fraction of sp³-hybridized carbons (Fsp3) is 0.143. The Morgan fingerprint density at radius 1 is 1.17 bits per heavy atom. The van der Waals surface area contributed by atoms with Crippen molar-refractivity contribution < 1.29 is 28.4 Å². The summed E-state index contributed by atoms with van der Waals surface area (Å²) >= 11 is 0. The molecule has 3 rings (SSSR count). The summed E-state index contributed by atoms with van der Waals surface area (Å²) < 4.78 is 23.1. The Hall–Kier alpha value is -4.01. The number of halogens is 1. The summed E-state index contributed by atoms with van der Waals surface area (Å²) in [4.78, 5) is 37.5. The second-order valence-electron chi connectivity index (χ2n) is 6.32. The van der Waals surface area contributed by atoms with Gasteiger partial charge in [0.15, 0.2) is 5.75 Å². The van der Waals surface area contributed by atoms with Crippen LogP contribution in [0.5, 0.6) is 5.75 Å². The van der Waals surface area contributed by atoms with E-state index in [1.807, 2.05) is 0 Å². The van der Waals surface area contributed by atoms with E-state index in [9.17, 15) is 24.1 Å². The van der Waals surface area contributed by atoms with Gasteiger partial charge in [0, 0.05) is 17.5 Å². The smallest absolute Gasteiger partial charge is 0.340 e. The third-order valence-electron chi connectivity index (χ3n) is 4.59. The maximum absolute atomic E-state index is 13.3. The molecule has 8 nitrogen and oxygen atoms in total. The van der Waals surface area contributed by atoms with Gasteiger partial charge in [-0.15, -0.1) is 0 Å². The van der Waals surface area contributed by atoms with Crippen molar-refractivity contribution in [2.45, 2.75) is 6.92 Å². The van der Waals surface area contributed by atoms with Crippen LogP contribution in [0, 0.1) is 15.9 Å². The Balaban J connectivity index is 2.14. The highest BCUT2D eigenvalue weighted by atomic mass is 19.1. The van der Waals surface area contributed by atoms with Crippen molar-refractivity contribution in [2.24, 2.45) is 0 Å². The molecular formula is C21H17FN2O6. The van der Waals surface area contributed by atoms with Crippen LogP contribution >= 0.6 is 0 Å². The van der Waals surface area contributed by atoms with Crippen molar-refractivity contribution in [3.63, 3.8) is 0 Å². The van der Waals surface area contributed by atoms with Gasteiger partial charge in [0.25, 0.3) is 5.91 Å². The monoisotopic (exact) mass is 412 g/mol. The lowest BCUT2D eigenvalue weighted by molar-refractivity contribution is -0.385. The molecule has 0 fully saturated rings. The van der Waals surface area contributed by atoms with Crippen LogP contribution in [0.2, 0.25) is 0 Å². The molecule has 0 unspecified atom stereocenters. The van der Waals surface area contributed by atoms with Gasteiger partial charge in [-0.25, -0.2) is 9.18 Å². The Labute approximate surface area is 171 Å². The first-order chi connectivity index (χ1) is 14.3. The lowest BCUT2D eigenvalue weighted by Crippen LogP contribution is -2.24. The fourth-order valence-corrected chi connectivity index (χ4v) is 3.19. The minimum Gasteiger partial charge on any atom is -0.490 e. The molecule has 9 heteroatoms. The number of anilines is 1. The van der Waals surface area contributed by atoms with Crippen LogP contribution in [0.1, 0.15) is 12.5 Å². The van der Waals surface area contributed by atoms with Crippen molar-refractivity contribution in [1.82, 2.24) is 0 Å². The van der Waals surface area contributed by atoms with Gasteiger partial charge in [0.2, 0.25) is 0 Å². The zero-order valence-corrected chi connectivity index (χ0v) is 16.3. The third-order valence-corrected chi connectivity index (χ3v) is 4.59. The lowest BCUT2D eigenvalue weighted by atomic mass is 10.0. The van der Waals surface area contributed by atoms with E-state index in [1.165, 1.54) is 67.7 Å². The zero-order valence-electron chi connectivity index (χ0n) is 16.3. The molecule has 0 atom stereocenters. The van der Waals surface area contributed by atoms with Crippen LogP contribution in [-0.2, 0) is 14.3 Å². The van der Waals surface area contributed by atoms with E-state index < -0.39 is 22.6 Å². The molecule has 1 aliphatic heterocycles. The van der Waals surface area contributed by atoms with E-state index in [1.54, 1.807) is 6.92 Å². The maximum atomic E-state index is 13.3. The minimum atomic E-state index is -0.736. The highest BCUT2D eigenvalue weighted by Crippen LogP contribution is 2.36. The number of nitro groups is 1. The molecule has 0 saturated heterocycles. The fourth-order valence-electron chi connectivity index (χ4n) is 3.19. The van der Waals surface area contributed by atoms with Gasteiger partial charge >= 0.3 is 11.7 Å². The first kappa shape index (κ1) is 20.7. The van der Waals surface area contributed by atoms with Crippen molar-refractivity contribution in [2.75, 3.05) is 19.1 Å². The molecule has 0 radical (unpaired) electrons. The average Bonchev–Trinajstić information content (AvgIpc) is 2.97. The number of hydrogen-bond donors (Lipinski definition) is 0. The lowest BCUT2D eigenvalue weighted by Gasteiger charge is -2.17. The van der Waals surface area contributed by atoms with Gasteiger partial charge in [-0.05, 0) is 48.9 Å². The normalized spacial score (nSPS) is 15.0. The Morgan fingerprint density at radius 3 is 2.40 bits per heavy atom. The van der Waals surface area contributed by atoms with Crippen molar-refractivity contribution >= 4 is 29.3 Å². The van der Waals surface area contributed by atoms with Gasteiger partial charge in [-0.1, -0.05) is 6.07 Å². The number of benzene rings is 2. The number of methoxy groups -OCH3 is 2. The van der Waals surface area contributed by atoms with Gasteiger partial charge in [0.05, 0.1) is 30.3 Å². The number of ether oxygens (including phenoxy) is 2. The number of esters is 1. The van der Waals surface area contributed by atoms with E-state index in [0.717, 1.165) is 0 Å². The molecule has 1 heterocycles. The number of carbonyl (C=O) groups is 2. The largest absolute Gasteiger partial charge is 0.490 e. The second kappa shape index (κ2) is 8.16. The SMILES string of the molecule is COC(=O)C1=C(C)N(c2ccc(F)cc2)C(=O)/C1=C\c1ccc(OC)c([N+](=O)[O-])c1. The quantitative estimate of drug-likeness (QED) is 0.322. The molecule has 0 bridgehead atoms. The summed E-state index contributed by atoms with van der Waals surface area (Å²) in [5, 5.41) is 11.3. The summed E-state index contributed by atoms with van der Waals surface area (Å²) in [6.45, 7) is 1.56. The van der Waals surface area contributed by atoms with Crippen molar-refractivity contribution in [3.8, 4) is 5.75 Å². The van der Waals surface area contributed by atoms with Crippen LogP contribution in [0.25, 0.3) is 6.08 Å². The molecule has 0 saturated carbocycles. The predicted molar refractivity (Wildman–Crippen MR) is 106 cm³/mol. The standard InChI is InChI=1S/C21H17FN2O6/c1-12-19(21(26)30-3)16(20(25)23(12)15-7-5-14(22)6-8-15)10-13-4-9-18(29-2)17(11-13)24(27)28/h4-11H,1-3H3/b16-10-. The van der Waals surface area contributed by atoms with E-state index >= 15 is 0 Å². The van der Waals surface area contributed by atoms with E-state index in [4.69, 9.17) is 9.47 Å². The first-order valence-corrected chi connectivity index (χ1v) is 8.72. The Morgan fingerprint density at radius 2 is 1.83 bits per heavy atom. The molecule has 2 aromatic rings. The number of nitro benzene ring substituents is 1. The molecule has 2 aromatic carbocycles. The topological polar surface area (TPSA) is 99.0 Å². The molecule has 0 aliphatic carbocycles. The number of nitrogens with zero attached hydrogens (tertiary/aromatic N) is 2. The van der Waals surface area contributed by atoms with E-state index in [2.05, 4.69) is 0 Å². The van der Waals surface area contributed by atoms with Crippen molar-refractivity contribution in [1.29, 1.82) is 0 Å². The van der Waals surface area contributed by atoms with E-state index in [0.29, 0.717) is 16.9 Å². The van der Waals surface area contributed by atoms with Gasteiger partial charge in [-0.3, -0.25) is 19.8 Å². The van der Waals surface area contributed by atoms with E-state index in [-0.39, 0.29) is 22.6 Å². The molecule has 1 amide bonds. The predicted octanol–water partition coefficient (Wildman–Crippen LogP) is 3.62. The summed E-state index contributed by atoms with van der Waals surface area (Å²) in [5.41, 5.74) is 0.722. The molecule has 30 heavy (non-hydrogen) atoms. The van der Waals surface area contributed by atoms with Gasteiger partial charge < -0.3 is 9.47 Å². The molecule has 0 spiro atoms. The van der Waals surface area contributed by atoms with Crippen LogP contribution in [0.3, 0.4) is 0 Å². The average molecular weight is 412 g/mol. The van der Waals surface area contributed by atoms with Crippen molar-refractivity contribution in [3.05, 3.63) is 80.8 Å². The molecule has 1 aliphatic rings. The van der Waals surface area contributed by atoms with Gasteiger partial charge in [0.1, 0.15) is 5.82 Å². The highest BCUT2D eigenvalue weighted by molar-refractivity contribution is 6.23. The van der Waals surface area contributed by atoms with Crippen LogP contribution in [0.15, 0.2) is 59.3 Å².